The number of hydrogen-bond donors (Lipinski definition) is 0. The number of sulfonamides is 1. The monoisotopic (exact) mass is 383 g/mol. The van der Waals surface area contributed by atoms with Crippen LogP contribution in [0.3, 0.4) is 0 Å². The second-order valence-corrected chi connectivity index (χ2v) is 9.03. The van der Waals surface area contributed by atoms with Crippen LogP contribution >= 0.6 is 0 Å². The Hall–Kier alpha value is -2.24. The highest BCUT2D eigenvalue weighted by atomic mass is 32.2. The van der Waals surface area contributed by atoms with Gasteiger partial charge in [-0.3, -0.25) is 0 Å². The molecule has 2 atom stereocenters. The number of benzene rings is 3. The van der Waals surface area contributed by atoms with E-state index in [0.29, 0.717) is 0 Å². The molecule has 0 spiro atoms. The van der Waals surface area contributed by atoms with Crippen molar-refractivity contribution in [1.82, 2.24) is 4.31 Å². The highest BCUT2D eigenvalue weighted by Crippen LogP contribution is 2.39. The highest BCUT2D eigenvalue weighted by Gasteiger charge is 2.38. The molecule has 1 heterocycles. The van der Waals surface area contributed by atoms with Crippen LogP contribution < -0.4 is 0 Å². The summed E-state index contributed by atoms with van der Waals surface area (Å²) < 4.78 is 42.5. The minimum Gasteiger partial charge on any atom is -0.247 e. The minimum atomic E-state index is -3.70. The summed E-state index contributed by atoms with van der Waals surface area (Å²) >= 11 is 0. The van der Waals surface area contributed by atoms with E-state index in [-0.39, 0.29) is 24.3 Å². The first-order valence-electron chi connectivity index (χ1n) is 9.17. The summed E-state index contributed by atoms with van der Waals surface area (Å²) in [4.78, 5) is 0.260. The topological polar surface area (TPSA) is 37.4 Å². The number of fused-ring (bicyclic) bond motifs is 1. The molecule has 0 aromatic heterocycles. The molecule has 3 aromatic carbocycles. The predicted molar refractivity (Wildman–Crippen MR) is 106 cm³/mol. The van der Waals surface area contributed by atoms with Crippen LogP contribution in [0.15, 0.2) is 71.6 Å². The molecule has 0 saturated carbocycles. The number of halogens is 1. The molecule has 1 aliphatic heterocycles. The fourth-order valence-electron chi connectivity index (χ4n) is 3.86. The van der Waals surface area contributed by atoms with E-state index in [0.717, 1.165) is 21.9 Å². The fraction of sp³-hybridized carbons (Fsp3) is 0.273. The number of piperidine rings is 1. The first kappa shape index (κ1) is 18.1. The largest absolute Gasteiger partial charge is 0.247 e. The van der Waals surface area contributed by atoms with Gasteiger partial charge in [0.25, 0.3) is 0 Å². The second kappa shape index (κ2) is 7.06. The summed E-state index contributed by atoms with van der Waals surface area (Å²) in [5.41, 5.74) is 1.87. The molecule has 3 aromatic rings. The van der Waals surface area contributed by atoms with Crippen molar-refractivity contribution in [2.24, 2.45) is 0 Å². The molecule has 1 fully saturated rings. The fourth-order valence-corrected chi connectivity index (χ4v) is 5.49. The van der Waals surface area contributed by atoms with Gasteiger partial charge in [0.05, 0.1) is 10.9 Å². The highest BCUT2D eigenvalue weighted by molar-refractivity contribution is 7.89. The second-order valence-electron chi connectivity index (χ2n) is 7.13. The molecule has 0 aliphatic carbocycles. The van der Waals surface area contributed by atoms with Gasteiger partial charge in [0.2, 0.25) is 10.0 Å². The van der Waals surface area contributed by atoms with Gasteiger partial charge in [0.1, 0.15) is 6.17 Å². The van der Waals surface area contributed by atoms with Crippen molar-refractivity contribution in [1.29, 1.82) is 0 Å². The van der Waals surface area contributed by atoms with E-state index in [4.69, 9.17) is 0 Å². The predicted octanol–water partition coefficient (Wildman–Crippen LogP) is 5.01. The zero-order valence-electron chi connectivity index (χ0n) is 15.2. The van der Waals surface area contributed by atoms with Gasteiger partial charge in [-0.2, -0.15) is 4.31 Å². The molecule has 27 heavy (non-hydrogen) atoms. The number of rotatable bonds is 3. The Balaban J connectivity index is 1.82. The van der Waals surface area contributed by atoms with Crippen LogP contribution in [0.5, 0.6) is 0 Å². The van der Waals surface area contributed by atoms with Gasteiger partial charge < -0.3 is 0 Å². The third-order valence-corrected chi connectivity index (χ3v) is 7.22. The summed E-state index contributed by atoms with van der Waals surface area (Å²) in [6, 6.07) is 20.0. The third-order valence-electron chi connectivity index (χ3n) is 5.30. The molecular weight excluding hydrogens is 361 g/mol. The first-order valence-corrected chi connectivity index (χ1v) is 10.6. The Morgan fingerprint density at radius 2 is 1.67 bits per heavy atom. The lowest BCUT2D eigenvalue weighted by atomic mass is 9.92. The van der Waals surface area contributed by atoms with Gasteiger partial charge in [-0.25, -0.2) is 12.8 Å². The minimum absolute atomic E-state index is 0.180. The zero-order chi connectivity index (χ0) is 19.0. The molecule has 0 bridgehead atoms. The molecule has 1 saturated heterocycles. The van der Waals surface area contributed by atoms with Crippen molar-refractivity contribution in [3.8, 4) is 0 Å². The van der Waals surface area contributed by atoms with Gasteiger partial charge >= 0.3 is 0 Å². The molecule has 4 rings (SSSR count). The summed E-state index contributed by atoms with van der Waals surface area (Å²) in [5.74, 6) is 0. The third kappa shape index (κ3) is 3.37. The van der Waals surface area contributed by atoms with Crippen LogP contribution in [-0.4, -0.2) is 25.4 Å². The molecule has 3 nitrogen and oxygen atoms in total. The van der Waals surface area contributed by atoms with Gasteiger partial charge in [-0.1, -0.05) is 60.2 Å². The Bertz CT molecular complexity index is 1060. The van der Waals surface area contributed by atoms with Gasteiger partial charge in [0, 0.05) is 6.54 Å². The summed E-state index contributed by atoms with van der Waals surface area (Å²) in [7, 11) is -3.70. The van der Waals surface area contributed by atoms with Gasteiger partial charge in [-0.05, 0) is 48.2 Å². The van der Waals surface area contributed by atoms with Crippen molar-refractivity contribution < 1.29 is 12.8 Å². The van der Waals surface area contributed by atoms with E-state index < -0.39 is 22.2 Å². The maximum absolute atomic E-state index is 14.3. The van der Waals surface area contributed by atoms with E-state index >= 15 is 0 Å². The molecular formula is C22H22FNO2S. The van der Waals surface area contributed by atoms with Crippen LogP contribution in [-0.2, 0) is 10.0 Å². The summed E-state index contributed by atoms with van der Waals surface area (Å²) in [6.07, 6.45) is -0.593. The molecule has 0 radical (unpaired) electrons. The smallest absolute Gasteiger partial charge is 0.243 e. The van der Waals surface area contributed by atoms with Gasteiger partial charge in [0.15, 0.2) is 0 Å². The molecule has 0 N–H and O–H groups in total. The van der Waals surface area contributed by atoms with E-state index in [1.54, 1.807) is 24.3 Å². The molecule has 1 aliphatic rings. The lowest BCUT2D eigenvalue weighted by Gasteiger charge is -2.37. The first-order chi connectivity index (χ1) is 13.0. The molecule has 0 amide bonds. The Kier molecular flexibility index (Phi) is 4.74. The maximum Gasteiger partial charge on any atom is 0.243 e. The lowest BCUT2D eigenvalue weighted by molar-refractivity contribution is 0.157. The van der Waals surface area contributed by atoms with Crippen molar-refractivity contribution in [2.45, 2.75) is 36.9 Å². The number of alkyl halides is 1. The van der Waals surface area contributed by atoms with Crippen LogP contribution in [0.25, 0.3) is 10.8 Å². The van der Waals surface area contributed by atoms with E-state index in [1.807, 2.05) is 49.4 Å². The van der Waals surface area contributed by atoms with Crippen molar-refractivity contribution in [2.75, 3.05) is 6.54 Å². The van der Waals surface area contributed by atoms with Crippen molar-refractivity contribution >= 4 is 20.8 Å². The molecule has 0 unspecified atom stereocenters. The molecule has 140 valence electrons. The van der Waals surface area contributed by atoms with Crippen molar-refractivity contribution in [3.63, 3.8) is 0 Å². The van der Waals surface area contributed by atoms with E-state index in [2.05, 4.69) is 0 Å². The zero-order valence-corrected chi connectivity index (χ0v) is 16.0. The lowest BCUT2D eigenvalue weighted by Crippen LogP contribution is -2.41. The Morgan fingerprint density at radius 3 is 2.44 bits per heavy atom. The average molecular weight is 383 g/mol. The van der Waals surface area contributed by atoms with E-state index in [1.165, 1.54) is 4.31 Å². The summed E-state index contributed by atoms with van der Waals surface area (Å²) in [5, 5.41) is 2.01. The Morgan fingerprint density at radius 1 is 0.963 bits per heavy atom. The standard InChI is InChI=1S/C22H22FNO2S/c1-16-9-11-19(12-10-16)27(25,26)24-14-13-18(23)15-22(24)21-8-4-6-17-5-2-3-7-20(17)21/h2-12,18,22H,13-15H2,1H3/t18-,22+/m0/s1. The van der Waals surface area contributed by atoms with Crippen LogP contribution in [0, 0.1) is 6.92 Å². The van der Waals surface area contributed by atoms with E-state index in [9.17, 15) is 12.8 Å². The van der Waals surface area contributed by atoms with Crippen molar-refractivity contribution in [3.05, 3.63) is 77.9 Å². The van der Waals surface area contributed by atoms with Gasteiger partial charge in [-0.15, -0.1) is 0 Å². The number of hydrogen-bond acceptors (Lipinski definition) is 2. The summed E-state index contributed by atoms with van der Waals surface area (Å²) in [6.45, 7) is 2.11. The maximum atomic E-state index is 14.3. The van der Waals surface area contributed by atoms with Crippen LogP contribution in [0.1, 0.15) is 30.0 Å². The quantitative estimate of drug-likeness (QED) is 0.637. The van der Waals surface area contributed by atoms with Crippen LogP contribution in [0.2, 0.25) is 0 Å². The Labute approximate surface area is 159 Å². The molecule has 5 heteroatoms. The number of aryl methyl sites for hydroxylation is 1. The number of nitrogens with zero attached hydrogens (tertiary/aromatic N) is 1. The SMILES string of the molecule is Cc1ccc(S(=O)(=O)N2CC[C@H](F)C[C@@H]2c2cccc3ccccc23)cc1. The normalized spacial score (nSPS) is 21.4. The average Bonchev–Trinajstić information content (AvgIpc) is 2.67. The van der Waals surface area contributed by atoms with Crippen LogP contribution in [0.4, 0.5) is 4.39 Å².